The molecule has 4 nitrogen and oxygen atoms in total. The van der Waals surface area contributed by atoms with Gasteiger partial charge in [-0.05, 0) is 52.9 Å². The molecule has 0 spiro atoms. The molecule has 0 aromatic heterocycles. The van der Waals surface area contributed by atoms with Crippen molar-refractivity contribution in [2.75, 3.05) is 26.3 Å². The number of piperidine rings is 1. The molecule has 1 amide bonds. The zero-order valence-corrected chi connectivity index (χ0v) is 12.0. The summed E-state index contributed by atoms with van der Waals surface area (Å²) in [6, 6.07) is 0. The summed E-state index contributed by atoms with van der Waals surface area (Å²) in [7, 11) is 0. The summed E-state index contributed by atoms with van der Waals surface area (Å²) in [6.07, 6.45) is 5.10. The third-order valence-electron chi connectivity index (χ3n) is 2.91. The van der Waals surface area contributed by atoms with Crippen molar-refractivity contribution in [1.82, 2.24) is 4.90 Å². The summed E-state index contributed by atoms with van der Waals surface area (Å²) in [4.78, 5) is 13.5. The van der Waals surface area contributed by atoms with Gasteiger partial charge in [0.1, 0.15) is 0 Å². The van der Waals surface area contributed by atoms with Crippen LogP contribution in [-0.2, 0) is 9.47 Å². The number of hydrogen-bond acceptors (Lipinski definition) is 3. The van der Waals surface area contributed by atoms with E-state index < -0.39 is 0 Å². The highest BCUT2D eigenvalue weighted by Crippen LogP contribution is 2.10. The van der Waals surface area contributed by atoms with E-state index >= 15 is 0 Å². The molecule has 1 aliphatic heterocycles. The molecule has 0 aromatic rings. The number of carbonyl (C=O) groups is 1. The van der Waals surface area contributed by atoms with Gasteiger partial charge in [-0.2, -0.15) is 0 Å². The van der Waals surface area contributed by atoms with E-state index in [9.17, 15) is 4.79 Å². The first kappa shape index (κ1) is 15.3. The van der Waals surface area contributed by atoms with Crippen LogP contribution in [0.4, 0.5) is 4.79 Å². The monoisotopic (exact) mass is 257 g/mol. The Balaban J connectivity index is 1.98. The summed E-state index contributed by atoms with van der Waals surface area (Å²) >= 11 is 0. The average Bonchev–Trinajstić information content (AvgIpc) is 2.33. The molecular weight excluding hydrogens is 230 g/mol. The van der Waals surface area contributed by atoms with Crippen molar-refractivity contribution >= 4 is 6.09 Å². The van der Waals surface area contributed by atoms with Crippen LogP contribution in [0.2, 0.25) is 0 Å². The maximum absolute atomic E-state index is 11.7. The smallest absolute Gasteiger partial charge is 0.409 e. The van der Waals surface area contributed by atoms with Crippen LogP contribution in [0.25, 0.3) is 0 Å². The quantitative estimate of drug-likeness (QED) is 0.710. The van der Waals surface area contributed by atoms with Crippen LogP contribution < -0.4 is 0 Å². The van der Waals surface area contributed by atoms with Crippen LogP contribution in [0.15, 0.2) is 0 Å². The van der Waals surface area contributed by atoms with Crippen LogP contribution in [-0.4, -0.2) is 42.9 Å². The Morgan fingerprint density at radius 2 is 1.67 bits per heavy atom. The average molecular weight is 257 g/mol. The van der Waals surface area contributed by atoms with Gasteiger partial charge in [-0.15, -0.1) is 0 Å². The highest BCUT2D eigenvalue weighted by Gasteiger charge is 2.17. The standard InChI is InChI=1S/C14H27NO3/c1-14(2,3)18-12-8-7-11-17-13(16)15-9-5-4-6-10-15/h4-12H2,1-3H3. The van der Waals surface area contributed by atoms with Crippen molar-refractivity contribution in [3.05, 3.63) is 0 Å². The van der Waals surface area contributed by atoms with Gasteiger partial charge in [0.2, 0.25) is 0 Å². The van der Waals surface area contributed by atoms with Crippen molar-refractivity contribution in [2.45, 2.75) is 58.5 Å². The summed E-state index contributed by atoms with van der Waals surface area (Å²) < 4.78 is 10.8. The van der Waals surface area contributed by atoms with Gasteiger partial charge in [-0.1, -0.05) is 0 Å². The molecule has 0 radical (unpaired) electrons. The van der Waals surface area contributed by atoms with Gasteiger partial charge in [0.15, 0.2) is 0 Å². The van der Waals surface area contributed by atoms with E-state index in [0.717, 1.165) is 45.4 Å². The maximum Gasteiger partial charge on any atom is 0.409 e. The third kappa shape index (κ3) is 6.84. The van der Waals surface area contributed by atoms with Gasteiger partial charge >= 0.3 is 6.09 Å². The Bertz CT molecular complexity index is 242. The van der Waals surface area contributed by atoms with E-state index in [1.54, 1.807) is 0 Å². The first-order valence-corrected chi connectivity index (χ1v) is 7.05. The zero-order valence-electron chi connectivity index (χ0n) is 12.0. The second-order valence-electron chi connectivity index (χ2n) is 5.83. The van der Waals surface area contributed by atoms with Crippen molar-refractivity contribution in [2.24, 2.45) is 0 Å². The second kappa shape index (κ2) is 7.62. The molecule has 1 rings (SSSR count). The minimum absolute atomic E-state index is 0.0789. The van der Waals surface area contributed by atoms with Crippen LogP contribution >= 0.6 is 0 Å². The molecule has 4 heteroatoms. The minimum atomic E-state index is -0.147. The number of ether oxygens (including phenoxy) is 2. The largest absolute Gasteiger partial charge is 0.449 e. The Kier molecular flexibility index (Phi) is 6.47. The molecule has 0 unspecified atom stereocenters. The Morgan fingerprint density at radius 3 is 2.28 bits per heavy atom. The topological polar surface area (TPSA) is 38.8 Å². The minimum Gasteiger partial charge on any atom is -0.449 e. The third-order valence-corrected chi connectivity index (χ3v) is 2.91. The Hall–Kier alpha value is -0.770. The Labute approximate surface area is 111 Å². The molecule has 0 bridgehead atoms. The fourth-order valence-electron chi connectivity index (χ4n) is 1.91. The fourth-order valence-corrected chi connectivity index (χ4v) is 1.91. The van der Waals surface area contributed by atoms with E-state index in [2.05, 4.69) is 0 Å². The molecule has 0 aromatic carbocycles. The van der Waals surface area contributed by atoms with E-state index in [-0.39, 0.29) is 11.7 Å². The molecular formula is C14H27NO3. The predicted octanol–water partition coefficient (Wildman–Crippen LogP) is 3.20. The summed E-state index contributed by atoms with van der Waals surface area (Å²) in [6.45, 7) is 9.07. The van der Waals surface area contributed by atoms with E-state index in [4.69, 9.17) is 9.47 Å². The SMILES string of the molecule is CC(C)(C)OCCCCOC(=O)N1CCCCC1. The van der Waals surface area contributed by atoms with Crippen LogP contribution in [0.3, 0.4) is 0 Å². The predicted molar refractivity (Wildman–Crippen MR) is 71.7 cm³/mol. The van der Waals surface area contributed by atoms with Gasteiger partial charge < -0.3 is 14.4 Å². The number of hydrogen-bond donors (Lipinski definition) is 0. The summed E-state index contributed by atoms with van der Waals surface area (Å²) in [5.41, 5.74) is -0.0789. The first-order chi connectivity index (χ1) is 8.49. The van der Waals surface area contributed by atoms with E-state index in [1.807, 2.05) is 25.7 Å². The first-order valence-electron chi connectivity index (χ1n) is 7.05. The number of amides is 1. The van der Waals surface area contributed by atoms with E-state index in [1.165, 1.54) is 6.42 Å². The lowest BCUT2D eigenvalue weighted by Crippen LogP contribution is -2.36. The van der Waals surface area contributed by atoms with Gasteiger partial charge in [0.05, 0.1) is 12.2 Å². The molecule has 106 valence electrons. The molecule has 1 saturated heterocycles. The molecule has 0 aliphatic carbocycles. The number of carbonyl (C=O) groups excluding carboxylic acids is 1. The van der Waals surface area contributed by atoms with Gasteiger partial charge in [0, 0.05) is 19.7 Å². The summed E-state index contributed by atoms with van der Waals surface area (Å²) in [5, 5.41) is 0. The highest BCUT2D eigenvalue weighted by atomic mass is 16.6. The lowest BCUT2D eigenvalue weighted by Gasteiger charge is -2.25. The fraction of sp³-hybridized carbons (Fsp3) is 0.929. The van der Waals surface area contributed by atoms with Gasteiger partial charge in [-0.25, -0.2) is 4.79 Å². The molecule has 1 aliphatic rings. The number of likely N-dealkylation sites (tertiary alicyclic amines) is 1. The summed E-state index contributed by atoms with van der Waals surface area (Å²) in [5.74, 6) is 0. The highest BCUT2D eigenvalue weighted by molar-refractivity contribution is 5.67. The van der Waals surface area contributed by atoms with Crippen molar-refractivity contribution in [3.63, 3.8) is 0 Å². The molecule has 1 heterocycles. The van der Waals surface area contributed by atoms with Gasteiger partial charge in [-0.3, -0.25) is 0 Å². The van der Waals surface area contributed by atoms with Crippen molar-refractivity contribution < 1.29 is 14.3 Å². The zero-order chi connectivity index (χ0) is 13.4. The Morgan fingerprint density at radius 1 is 1.06 bits per heavy atom. The van der Waals surface area contributed by atoms with Crippen LogP contribution in [0.1, 0.15) is 52.9 Å². The molecule has 0 saturated carbocycles. The normalized spacial score (nSPS) is 16.7. The van der Waals surface area contributed by atoms with Crippen LogP contribution in [0.5, 0.6) is 0 Å². The second-order valence-corrected chi connectivity index (χ2v) is 5.83. The molecule has 0 N–H and O–H groups in total. The lowest BCUT2D eigenvalue weighted by molar-refractivity contribution is -0.00660. The van der Waals surface area contributed by atoms with E-state index in [0.29, 0.717) is 6.61 Å². The lowest BCUT2D eigenvalue weighted by atomic mass is 10.1. The molecule has 1 fully saturated rings. The van der Waals surface area contributed by atoms with Crippen molar-refractivity contribution in [1.29, 1.82) is 0 Å². The number of unbranched alkanes of at least 4 members (excludes halogenated alkanes) is 1. The van der Waals surface area contributed by atoms with Gasteiger partial charge in [0.25, 0.3) is 0 Å². The molecule has 18 heavy (non-hydrogen) atoms. The number of nitrogens with zero attached hydrogens (tertiary/aromatic N) is 1. The van der Waals surface area contributed by atoms with Crippen LogP contribution in [0, 0.1) is 0 Å². The maximum atomic E-state index is 11.7. The number of rotatable bonds is 5. The van der Waals surface area contributed by atoms with Crippen molar-refractivity contribution in [3.8, 4) is 0 Å². The molecule has 0 atom stereocenters.